The van der Waals surface area contributed by atoms with Crippen molar-refractivity contribution in [2.45, 2.75) is 19.4 Å². The molecule has 15 heavy (non-hydrogen) atoms. The van der Waals surface area contributed by atoms with Gasteiger partial charge in [-0.1, -0.05) is 12.8 Å². The SMILES string of the molecule is C#CCNC(=O)CN1CCC(C)C(N)C1. The summed E-state index contributed by atoms with van der Waals surface area (Å²) in [7, 11) is 0. The average molecular weight is 209 g/mol. The second-order valence-electron chi connectivity index (χ2n) is 4.15. The molecule has 1 heterocycles. The van der Waals surface area contributed by atoms with Crippen molar-refractivity contribution in [1.29, 1.82) is 0 Å². The van der Waals surface area contributed by atoms with E-state index in [-0.39, 0.29) is 11.9 Å². The first-order valence-corrected chi connectivity index (χ1v) is 5.31. The summed E-state index contributed by atoms with van der Waals surface area (Å²) in [5, 5.41) is 2.65. The molecule has 0 bridgehead atoms. The van der Waals surface area contributed by atoms with Crippen LogP contribution in [0.2, 0.25) is 0 Å². The minimum atomic E-state index is -0.0188. The van der Waals surface area contributed by atoms with Gasteiger partial charge in [-0.25, -0.2) is 0 Å². The highest BCUT2D eigenvalue weighted by Crippen LogP contribution is 2.14. The van der Waals surface area contributed by atoms with Gasteiger partial charge in [0.05, 0.1) is 13.1 Å². The van der Waals surface area contributed by atoms with E-state index in [4.69, 9.17) is 12.2 Å². The van der Waals surface area contributed by atoms with E-state index >= 15 is 0 Å². The van der Waals surface area contributed by atoms with Crippen molar-refractivity contribution in [2.24, 2.45) is 11.7 Å². The zero-order chi connectivity index (χ0) is 11.3. The molecule has 0 aliphatic carbocycles. The van der Waals surface area contributed by atoms with Gasteiger partial charge in [0.2, 0.25) is 5.91 Å². The van der Waals surface area contributed by atoms with Crippen LogP contribution in [-0.4, -0.2) is 43.0 Å². The monoisotopic (exact) mass is 209 g/mol. The standard InChI is InChI=1S/C11H19N3O/c1-3-5-13-11(15)8-14-6-4-9(2)10(12)7-14/h1,9-10H,4-8,12H2,2H3,(H,13,15). The van der Waals surface area contributed by atoms with Gasteiger partial charge < -0.3 is 11.1 Å². The van der Waals surface area contributed by atoms with Gasteiger partial charge in [0, 0.05) is 12.6 Å². The molecule has 0 radical (unpaired) electrons. The Morgan fingerprint density at radius 2 is 2.47 bits per heavy atom. The van der Waals surface area contributed by atoms with Gasteiger partial charge >= 0.3 is 0 Å². The summed E-state index contributed by atoms with van der Waals surface area (Å²) >= 11 is 0. The first-order valence-electron chi connectivity index (χ1n) is 5.31. The van der Waals surface area contributed by atoms with Gasteiger partial charge in [-0.15, -0.1) is 6.42 Å². The second-order valence-corrected chi connectivity index (χ2v) is 4.15. The third-order valence-electron chi connectivity index (χ3n) is 2.86. The summed E-state index contributed by atoms with van der Waals surface area (Å²) in [4.78, 5) is 13.4. The molecule has 4 heteroatoms. The Labute approximate surface area is 91.2 Å². The molecule has 1 amide bonds. The van der Waals surface area contributed by atoms with Crippen LogP contribution in [0.25, 0.3) is 0 Å². The molecule has 2 unspecified atom stereocenters. The Hall–Kier alpha value is -1.05. The van der Waals surface area contributed by atoms with Crippen LogP contribution in [0.1, 0.15) is 13.3 Å². The van der Waals surface area contributed by atoms with E-state index < -0.39 is 0 Å². The van der Waals surface area contributed by atoms with Crippen LogP contribution in [0.15, 0.2) is 0 Å². The molecule has 0 aromatic carbocycles. The minimum Gasteiger partial charge on any atom is -0.344 e. The number of nitrogens with one attached hydrogen (secondary N) is 1. The number of carbonyl (C=O) groups is 1. The van der Waals surface area contributed by atoms with Gasteiger partial charge in [0.15, 0.2) is 0 Å². The third-order valence-corrected chi connectivity index (χ3v) is 2.86. The van der Waals surface area contributed by atoms with Crippen molar-refractivity contribution in [2.75, 3.05) is 26.2 Å². The van der Waals surface area contributed by atoms with E-state index in [9.17, 15) is 4.79 Å². The number of rotatable bonds is 3. The van der Waals surface area contributed by atoms with E-state index in [2.05, 4.69) is 23.1 Å². The second kappa shape index (κ2) is 5.74. The lowest BCUT2D eigenvalue weighted by Crippen LogP contribution is -2.50. The van der Waals surface area contributed by atoms with Crippen molar-refractivity contribution in [3.8, 4) is 12.3 Å². The normalized spacial score (nSPS) is 27.0. The average Bonchev–Trinajstić information content (AvgIpc) is 2.20. The molecule has 4 nitrogen and oxygen atoms in total. The fourth-order valence-electron chi connectivity index (χ4n) is 1.72. The van der Waals surface area contributed by atoms with Crippen molar-refractivity contribution >= 4 is 5.91 Å². The van der Waals surface area contributed by atoms with Crippen molar-refractivity contribution in [3.63, 3.8) is 0 Å². The van der Waals surface area contributed by atoms with E-state index in [1.165, 1.54) is 0 Å². The molecular weight excluding hydrogens is 190 g/mol. The molecule has 2 atom stereocenters. The number of piperidine rings is 1. The molecule has 1 fully saturated rings. The van der Waals surface area contributed by atoms with E-state index in [0.29, 0.717) is 19.0 Å². The Morgan fingerprint density at radius 1 is 1.73 bits per heavy atom. The van der Waals surface area contributed by atoms with Crippen LogP contribution in [0.4, 0.5) is 0 Å². The summed E-state index contributed by atoms with van der Waals surface area (Å²) in [6, 6.07) is 0.180. The largest absolute Gasteiger partial charge is 0.344 e. The number of nitrogens with two attached hydrogens (primary N) is 1. The molecule has 3 N–H and O–H groups in total. The summed E-state index contributed by atoms with van der Waals surface area (Å²) in [5.41, 5.74) is 5.94. The number of carbonyl (C=O) groups excluding carboxylic acids is 1. The Morgan fingerprint density at radius 3 is 3.07 bits per heavy atom. The van der Waals surface area contributed by atoms with Crippen LogP contribution in [0.3, 0.4) is 0 Å². The van der Waals surface area contributed by atoms with Gasteiger partial charge in [-0.2, -0.15) is 0 Å². The molecular formula is C11H19N3O. The lowest BCUT2D eigenvalue weighted by molar-refractivity contribution is -0.122. The lowest BCUT2D eigenvalue weighted by atomic mass is 9.94. The van der Waals surface area contributed by atoms with Gasteiger partial charge in [0.1, 0.15) is 0 Å². The van der Waals surface area contributed by atoms with Crippen molar-refractivity contribution in [3.05, 3.63) is 0 Å². The van der Waals surface area contributed by atoms with Crippen LogP contribution in [-0.2, 0) is 4.79 Å². The number of hydrogen-bond donors (Lipinski definition) is 2. The summed E-state index contributed by atoms with van der Waals surface area (Å²) < 4.78 is 0. The fraction of sp³-hybridized carbons (Fsp3) is 0.727. The maximum Gasteiger partial charge on any atom is 0.234 e. The zero-order valence-corrected chi connectivity index (χ0v) is 9.20. The molecule has 0 spiro atoms. The van der Waals surface area contributed by atoms with Crippen LogP contribution in [0, 0.1) is 18.3 Å². The topological polar surface area (TPSA) is 58.4 Å². The summed E-state index contributed by atoms with van der Waals surface area (Å²) in [5.74, 6) is 2.91. The lowest BCUT2D eigenvalue weighted by Gasteiger charge is -2.34. The number of amides is 1. The molecule has 0 aromatic rings. The Bertz CT molecular complexity index is 259. The predicted octanol–water partition coefficient (Wildman–Crippen LogP) is -0.595. The smallest absolute Gasteiger partial charge is 0.234 e. The first-order chi connectivity index (χ1) is 7.13. The Kier molecular flexibility index (Phi) is 4.60. The van der Waals surface area contributed by atoms with E-state index in [0.717, 1.165) is 19.5 Å². The maximum atomic E-state index is 11.4. The molecule has 1 rings (SSSR count). The molecule has 0 aromatic heterocycles. The molecule has 1 aliphatic rings. The third kappa shape index (κ3) is 3.90. The summed E-state index contributed by atoms with van der Waals surface area (Å²) in [6.07, 6.45) is 6.11. The van der Waals surface area contributed by atoms with Crippen LogP contribution in [0.5, 0.6) is 0 Å². The van der Waals surface area contributed by atoms with Crippen molar-refractivity contribution in [1.82, 2.24) is 10.2 Å². The fourth-order valence-corrected chi connectivity index (χ4v) is 1.72. The number of terminal acetylenes is 1. The summed E-state index contributed by atoms with van der Waals surface area (Å²) in [6.45, 7) is 4.60. The number of likely N-dealkylation sites (tertiary alicyclic amines) is 1. The van der Waals surface area contributed by atoms with Crippen molar-refractivity contribution < 1.29 is 4.79 Å². The van der Waals surface area contributed by atoms with Gasteiger partial charge in [-0.05, 0) is 18.9 Å². The molecule has 0 saturated carbocycles. The first kappa shape index (κ1) is 12.0. The quantitative estimate of drug-likeness (QED) is 0.611. The van der Waals surface area contributed by atoms with E-state index in [1.807, 2.05) is 0 Å². The van der Waals surface area contributed by atoms with Gasteiger partial charge in [0.25, 0.3) is 0 Å². The Balaban J connectivity index is 2.28. The van der Waals surface area contributed by atoms with Gasteiger partial charge in [-0.3, -0.25) is 9.69 Å². The molecule has 1 aliphatic heterocycles. The number of nitrogens with zero attached hydrogens (tertiary/aromatic N) is 1. The predicted molar refractivity (Wildman–Crippen MR) is 60.0 cm³/mol. The highest BCUT2D eigenvalue weighted by molar-refractivity contribution is 5.78. The van der Waals surface area contributed by atoms with Crippen LogP contribution < -0.4 is 11.1 Å². The van der Waals surface area contributed by atoms with Crippen LogP contribution >= 0.6 is 0 Å². The highest BCUT2D eigenvalue weighted by Gasteiger charge is 2.23. The maximum absolute atomic E-state index is 11.4. The molecule has 84 valence electrons. The highest BCUT2D eigenvalue weighted by atomic mass is 16.2. The zero-order valence-electron chi connectivity index (χ0n) is 9.20. The molecule has 1 saturated heterocycles. The number of hydrogen-bond acceptors (Lipinski definition) is 3. The van der Waals surface area contributed by atoms with E-state index in [1.54, 1.807) is 0 Å². The minimum absolute atomic E-state index is 0.0188.